The summed E-state index contributed by atoms with van der Waals surface area (Å²) in [5.74, 6) is -0.144. The number of carbonyl (C=O) groups excluding carboxylic acids is 2. The molecule has 0 aromatic heterocycles. The van der Waals surface area contributed by atoms with Gasteiger partial charge < -0.3 is 10.2 Å². The van der Waals surface area contributed by atoms with Crippen LogP contribution in [0.25, 0.3) is 0 Å². The number of benzene rings is 2. The molecule has 9 heteroatoms. The summed E-state index contributed by atoms with van der Waals surface area (Å²) < 4.78 is 26.3. The number of nitrogens with one attached hydrogen (secondary N) is 1. The van der Waals surface area contributed by atoms with Gasteiger partial charge in [0.2, 0.25) is 21.8 Å². The molecule has 1 N–H and O–H groups in total. The van der Waals surface area contributed by atoms with E-state index in [2.05, 4.69) is 5.32 Å². The van der Waals surface area contributed by atoms with Crippen LogP contribution < -0.4 is 9.62 Å². The summed E-state index contributed by atoms with van der Waals surface area (Å²) in [5.41, 5.74) is 2.44. The molecule has 2 aromatic carbocycles. The van der Waals surface area contributed by atoms with E-state index in [1.54, 1.807) is 23.1 Å². The van der Waals surface area contributed by atoms with Crippen LogP contribution in [0.1, 0.15) is 58.1 Å². The van der Waals surface area contributed by atoms with Crippen LogP contribution in [0.4, 0.5) is 5.69 Å². The van der Waals surface area contributed by atoms with Crippen LogP contribution in [0.2, 0.25) is 5.02 Å². The summed E-state index contributed by atoms with van der Waals surface area (Å²) in [7, 11) is -3.53. The second-order valence-electron chi connectivity index (χ2n) is 9.63. The first kappa shape index (κ1) is 30.6. The molecular weight excluding hydrogens is 510 g/mol. The van der Waals surface area contributed by atoms with Crippen molar-refractivity contribution >= 4 is 39.1 Å². The van der Waals surface area contributed by atoms with Gasteiger partial charge in [0.15, 0.2) is 0 Å². The molecule has 2 rings (SSSR count). The van der Waals surface area contributed by atoms with Gasteiger partial charge in [0.05, 0.1) is 11.9 Å². The molecule has 0 spiro atoms. The van der Waals surface area contributed by atoms with Gasteiger partial charge in [-0.3, -0.25) is 13.9 Å². The minimum Gasteiger partial charge on any atom is -0.354 e. The lowest BCUT2D eigenvalue weighted by molar-refractivity contribution is -0.141. The maximum absolute atomic E-state index is 13.5. The maximum atomic E-state index is 13.5. The zero-order valence-electron chi connectivity index (χ0n) is 22.5. The lowest BCUT2D eigenvalue weighted by Crippen LogP contribution is -2.49. The first-order valence-corrected chi connectivity index (χ1v) is 15.1. The summed E-state index contributed by atoms with van der Waals surface area (Å²) in [4.78, 5) is 28.1. The van der Waals surface area contributed by atoms with Gasteiger partial charge in [-0.2, -0.15) is 0 Å². The van der Waals surface area contributed by atoms with Crippen molar-refractivity contribution in [1.29, 1.82) is 0 Å². The van der Waals surface area contributed by atoms with Crippen LogP contribution in [0.3, 0.4) is 0 Å². The minimum atomic E-state index is -3.53. The first-order valence-electron chi connectivity index (χ1n) is 12.8. The highest BCUT2D eigenvalue weighted by Crippen LogP contribution is 2.22. The smallest absolute Gasteiger partial charge is 0.242 e. The summed E-state index contributed by atoms with van der Waals surface area (Å²) in [6.45, 7) is 8.80. The number of sulfonamides is 1. The summed E-state index contributed by atoms with van der Waals surface area (Å²) >= 11 is 6.38. The zero-order valence-corrected chi connectivity index (χ0v) is 24.1. The van der Waals surface area contributed by atoms with Crippen molar-refractivity contribution in [2.24, 2.45) is 5.92 Å². The number of carbonyl (C=O) groups is 2. The molecule has 1 atom stereocenters. The second-order valence-corrected chi connectivity index (χ2v) is 11.9. The summed E-state index contributed by atoms with van der Waals surface area (Å²) in [6, 6.07) is 14.0. The van der Waals surface area contributed by atoms with E-state index in [4.69, 9.17) is 11.6 Å². The number of rotatable bonds is 14. The Morgan fingerprint density at radius 3 is 2.22 bits per heavy atom. The van der Waals surface area contributed by atoms with Gasteiger partial charge >= 0.3 is 0 Å². The Morgan fingerprint density at radius 1 is 1.03 bits per heavy atom. The Hall–Kier alpha value is -2.58. The van der Waals surface area contributed by atoms with E-state index in [0.717, 1.165) is 17.5 Å². The third kappa shape index (κ3) is 9.34. The molecule has 0 radical (unpaired) electrons. The van der Waals surface area contributed by atoms with Gasteiger partial charge in [-0.15, -0.1) is 0 Å². The second kappa shape index (κ2) is 14.4. The van der Waals surface area contributed by atoms with E-state index in [-0.39, 0.29) is 37.2 Å². The fourth-order valence-electron chi connectivity index (χ4n) is 4.05. The fourth-order valence-corrected chi connectivity index (χ4v) is 5.21. The highest BCUT2D eigenvalue weighted by atomic mass is 35.5. The minimum absolute atomic E-state index is 0.0947. The number of aryl methyl sites for hydroxylation is 1. The Kier molecular flexibility index (Phi) is 11.9. The van der Waals surface area contributed by atoms with E-state index in [9.17, 15) is 18.0 Å². The molecular formula is C28H40ClN3O4S. The molecule has 0 aliphatic carbocycles. The first-order chi connectivity index (χ1) is 17.5. The van der Waals surface area contributed by atoms with E-state index >= 15 is 0 Å². The van der Waals surface area contributed by atoms with E-state index < -0.39 is 16.1 Å². The molecule has 2 aromatic rings. The van der Waals surface area contributed by atoms with Gasteiger partial charge in [0, 0.05) is 31.1 Å². The quantitative estimate of drug-likeness (QED) is 0.358. The van der Waals surface area contributed by atoms with Crippen molar-refractivity contribution < 1.29 is 18.0 Å². The van der Waals surface area contributed by atoms with Crippen LogP contribution in [0.5, 0.6) is 0 Å². The van der Waals surface area contributed by atoms with Crippen LogP contribution >= 0.6 is 11.6 Å². The Bertz CT molecular complexity index is 1140. The molecule has 0 aliphatic heterocycles. The predicted octanol–water partition coefficient (Wildman–Crippen LogP) is 5.03. The van der Waals surface area contributed by atoms with Crippen LogP contribution in [-0.4, -0.2) is 50.5 Å². The van der Waals surface area contributed by atoms with Crippen molar-refractivity contribution in [2.45, 2.75) is 66.0 Å². The third-order valence-electron chi connectivity index (χ3n) is 6.15. The number of halogens is 1. The predicted molar refractivity (Wildman–Crippen MR) is 151 cm³/mol. The molecule has 0 aliphatic rings. The number of hydrogen-bond donors (Lipinski definition) is 1. The zero-order chi connectivity index (χ0) is 27.6. The van der Waals surface area contributed by atoms with Crippen molar-refractivity contribution in [2.75, 3.05) is 23.7 Å². The van der Waals surface area contributed by atoms with Crippen molar-refractivity contribution in [3.8, 4) is 0 Å². The molecule has 2 amide bonds. The van der Waals surface area contributed by atoms with Crippen LogP contribution in [0.15, 0.2) is 48.5 Å². The van der Waals surface area contributed by atoms with E-state index in [1.165, 1.54) is 10.6 Å². The highest BCUT2D eigenvalue weighted by molar-refractivity contribution is 7.92. The highest BCUT2D eigenvalue weighted by Gasteiger charge is 2.29. The number of anilines is 1. The fraction of sp³-hybridized carbons (Fsp3) is 0.500. The molecule has 37 heavy (non-hydrogen) atoms. The van der Waals surface area contributed by atoms with Crippen molar-refractivity contribution in [3.05, 3.63) is 64.7 Å². The number of amides is 2. The Balaban J connectivity index is 2.21. The van der Waals surface area contributed by atoms with Gasteiger partial charge in [-0.05, 0) is 54.5 Å². The molecule has 0 saturated carbocycles. The summed E-state index contributed by atoms with van der Waals surface area (Å²) in [6.07, 6.45) is 2.87. The van der Waals surface area contributed by atoms with Gasteiger partial charge in [-0.1, -0.05) is 69.6 Å². The topological polar surface area (TPSA) is 86.8 Å². The molecule has 0 heterocycles. The van der Waals surface area contributed by atoms with Crippen molar-refractivity contribution in [3.63, 3.8) is 0 Å². The SMILES string of the molecule is CCc1ccc(N(CCCC(=O)N(Cc2ccccc2Cl)[C@H](CC)C(=O)NCC(C)C)S(C)(=O)=O)cc1. The monoisotopic (exact) mass is 549 g/mol. The maximum Gasteiger partial charge on any atom is 0.242 e. The van der Waals surface area contributed by atoms with Gasteiger partial charge in [-0.25, -0.2) is 8.42 Å². The van der Waals surface area contributed by atoms with E-state index in [1.807, 2.05) is 58.0 Å². The van der Waals surface area contributed by atoms with Crippen LogP contribution in [0, 0.1) is 5.92 Å². The van der Waals surface area contributed by atoms with Crippen molar-refractivity contribution in [1.82, 2.24) is 10.2 Å². The Labute approximate surface area is 227 Å². The molecule has 204 valence electrons. The number of nitrogens with zero attached hydrogens (tertiary/aromatic N) is 2. The largest absolute Gasteiger partial charge is 0.354 e. The standard InChI is InChI=1S/C28H40ClN3O4S/c1-6-22-14-16-24(17-15-22)32(37(5,35)36)18-10-13-27(33)31(20-23-11-8-9-12-25(23)29)26(7-2)28(34)30-19-21(3)4/h8-9,11-12,14-17,21,26H,6-7,10,13,18-20H2,1-5H3,(H,30,34)/t26-/m1/s1. The average Bonchev–Trinajstić information content (AvgIpc) is 2.85. The Morgan fingerprint density at radius 2 is 1.68 bits per heavy atom. The molecule has 0 saturated heterocycles. The lowest BCUT2D eigenvalue weighted by atomic mass is 10.1. The van der Waals surface area contributed by atoms with E-state index in [0.29, 0.717) is 30.1 Å². The van der Waals surface area contributed by atoms with Gasteiger partial charge in [0.25, 0.3) is 0 Å². The normalized spacial score (nSPS) is 12.3. The lowest BCUT2D eigenvalue weighted by Gasteiger charge is -2.31. The summed E-state index contributed by atoms with van der Waals surface area (Å²) in [5, 5.41) is 3.47. The molecule has 0 fully saturated rings. The van der Waals surface area contributed by atoms with Gasteiger partial charge in [0.1, 0.15) is 6.04 Å². The molecule has 0 unspecified atom stereocenters. The average molecular weight is 550 g/mol. The van der Waals surface area contributed by atoms with Crippen LogP contribution in [-0.2, 0) is 32.6 Å². The molecule has 0 bridgehead atoms. The number of hydrogen-bond acceptors (Lipinski definition) is 4. The molecule has 7 nitrogen and oxygen atoms in total. The third-order valence-corrected chi connectivity index (χ3v) is 7.72.